The molecule has 0 unspecified atom stereocenters. The molecule has 1 nitrogen and oxygen atoms in total. The Bertz CT molecular complexity index is 463. The Hall–Kier alpha value is -1.57. The highest BCUT2D eigenvalue weighted by molar-refractivity contribution is 5.87. The van der Waals surface area contributed by atoms with Crippen molar-refractivity contribution >= 4 is 10.8 Å². The average molecular weight is 176 g/mol. The third-order valence-corrected chi connectivity index (χ3v) is 2.21. The maximum Gasteiger partial charge on any atom is 0.168 e. The van der Waals surface area contributed by atoms with Crippen LogP contribution in [0.15, 0.2) is 30.3 Å². The van der Waals surface area contributed by atoms with Crippen LogP contribution in [-0.2, 0) is 0 Å². The second-order valence-corrected chi connectivity index (χ2v) is 3.06. The van der Waals surface area contributed by atoms with Gasteiger partial charge in [0.05, 0.1) is 0 Å². The van der Waals surface area contributed by atoms with E-state index in [0.29, 0.717) is 5.56 Å². The van der Waals surface area contributed by atoms with Crippen molar-refractivity contribution in [3.63, 3.8) is 0 Å². The van der Waals surface area contributed by atoms with E-state index in [1.807, 2.05) is 24.3 Å². The minimum atomic E-state index is -0.529. The van der Waals surface area contributed by atoms with Crippen LogP contribution in [0.5, 0.6) is 5.75 Å². The zero-order chi connectivity index (χ0) is 9.42. The summed E-state index contributed by atoms with van der Waals surface area (Å²) in [4.78, 5) is 0. The molecule has 0 aliphatic carbocycles. The maximum atomic E-state index is 13.2. The van der Waals surface area contributed by atoms with Gasteiger partial charge in [0.15, 0.2) is 11.6 Å². The number of phenolic OH excluding ortho intramolecular Hbond substituents is 1. The molecule has 0 fully saturated rings. The summed E-state index contributed by atoms with van der Waals surface area (Å²) in [5.41, 5.74) is 0.496. The zero-order valence-corrected chi connectivity index (χ0v) is 7.21. The Morgan fingerprint density at radius 3 is 2.69 bits per heavy atom. The van der Waals surface area contributed by atoms with E-state index in [1.165, 1.54) is 6.07 Å². The third-order valence-electron chi connectivity index (χ3n) is 2.21. The Labute approximate surface area is 75.4 Å². The van der Waals surface area contributed by atoms with Gasteiger partial charge in [0, 0.05) is 0 Å². The number of hydrogen-bond donors (Lipinski definition) is 1. The van der Waals surface area contributed by atoms with Crippen LogP contribution in [0.1, 0.15) is 5.56 Å². The Balaban J connectivity index is 2.94. The summed E-state index contributed by atoms with van der Waals surface area (Å²) >= 11 is 0. The molecule has 0 aliphatic rings. The second kappa shape index (κ2) is 2.73. The molecule has 1 N–H and O–H groups in total. The number of aromatic hydroxyl groups is 1. The quantitative estimate of drug-likeness (QED) is 0.654. The Morgan fingerprint density at radius 1 is 1.23 bits per heavy atom. The molecular formula is C11H9FO. The summed E-state index contributed by atoms with van der Waals surface area (Å²) < 4.78 is 13.2. The largest absolute Gasteiger partial charge is 0.505 e. The van der Waals surface area contributed by atoms with E-state index < -0.39 is 5.82 Å². The van der Waals surface area contributed by atoms with Gasteiger partial charge in [0.2, 0.25) is 0 Å². The number of aryl methyl sites for hydroxylation is 1. The fraction of sp³-hybridized carbons (Fsp3) is 0.0909. The lowest BCUT2D eigenvalue weighted by atomic mass is 10.0. The highest BCUT2D eigenvalue weighted by atomic mass is 19.1. The molecule has 0 amide bonds. The molecule has 0 saturated carbocycles. The average Bonchev–Trinajstić information content (AvgIpc) is 2.15. The van der Waals surface area contributed by atoms with Gasteiger partial charge >= 0.3 is 0 Å². The van der Waals surface area contributed by atoms with Gasteiger partial charge in [0.1, 0.15) is 0 Å². The van der Waals surface area contributed by atoms with Crippen molar-refractivity contribution in [3.05, 3.63) is 41.7 Å². The molecule has 2 rings (SSSR count). The second-order valence-electron chi connectivity index (χ2n) is 3.06. The number of rotatable bonds is 0. The van der Waals surface area contributed by atoms with Gasteiger partial charge in [-0.3, -0.25) is 0 Å². The van der Waals surface area contributed by atoms with Gasteiger partial charge in [-0.15, -0.1) is 0 Å². The fourth-order valence-corrected chi connectivity index (χ4v) is 1.49. The van der Waals surface area contributed by atoms with E-state index in [9.17, 15) is 9.50 Å². The van der Waals surface area contributed by atoms with Crippen LogP contribution in [0, 0.1) is 12.7 Å². The molecule has 0 bridgehead atoms. The lowest BCUT2D eigenvalue weighted by molar-refractivity contribution is 0.431. The molecule has 2 aromatic carbocycles. The van der Waals surface area contributed by atoms with E-state index in [-0.39, 0.29) is 5.75 Å². The van der Waals surface area contributed by atoms with Crippen LogP contribution in [0.25, 0.3) is 10.8 Å². The number of halogens is 1. The smallest absolute Gasteiger partial charge is 0.168 e. The fourth-order valence-electron chi connectivity index (χ4n) is 1.49. The topological polar surface area (TPSA) is 20.2 Å². The van der Waals surface area contributed by atoms with Crippen LogP contribution < -0.4 is 0 Å². The van der Waals surface area contributed by atoms with Crippen molar-refractivity contribution in [3.8, 4) is 5.75 Å². The number of fused-ring (bicyclic) bond motifs is 1. The van der Waals surface area contributed by atoms with E-state index in [4.69, 9.17) is 0 Å². The van der Waals surface area contributed by atoms with Crippen LogP contribution in [0.2, 0.25) is 0 Å². The first-order valence-electron chi connectivity index (χ1n) is 4.07. The number of benzene rings is 2. The first-order valence-corrected chi connectivity index (χ1v) is 4.07. The molecule has 66 valence electrons. The van der Waals surface area contributed by atoms with Gasteiger partial charge in [-0.2, -0.15) is 0 Å². The molecule has 2 aromatic rings. The standard InChI is InChI=1S/C11H9FO/c1-7-9-5-3-2-4-8(9)6-10(13)11(7)12/h2-6,13H,1H3. The van der Waals surface area contributed by atoms with Crippen LogP contribution in [-0.4, -0.2) is 5.11 Å². The molecule has 0 spiro atoms. The van der Waals surface area contributed by atoms with E-state index in [2.05, 4.69) is 0 Å². The summed E-state index contributed by atoms with van der Waals surface area (Å²) in [7, 11) is 0. The minimum Gasteiger partial charge on any atom is -0.505 e. The van der Waals surface area contributed by atoms with Gasteiger partial charge in [-0.05, 0) is 29.3 Å². The lowest BCUT2D eigenvalue weighted by Crippen LogP contribution is -1.85. The maximum absolute atomic E-state index is 13.2. The van der Waals surface area contributed by atoms with Gasteiger partial charge in [-0.25, -0.2) is 4.39 Å². The summed E-state index contributed by atoms with van der Waals surface area (Å²) in [6.45, 7) is 1.66. The van der Waals surface area contributed by atoms with E-state index in [0.717, 1.165) is 10.8 Å². The number of hydrogen-bond acceptors (Lipinski definition) is 1. The normalized spacial score (nSPS) is 10.6. The Morgan fingerprint density at radius 2 is 1.92 bits per heavy atom. The predicted octanol–water partition coefficient (Wildman–Crippen LogP) is 2.99. The van der Waals surface area contributed by atoms with E-state index in [1.54, 1.807) is 6.92 Å². The molecule has 0 radical (unpaired) electrons. The predicted molar refractivity (Wildman–Crippen MR) is 50.3 cm³/mol. The molecule has 0 aromatic heterocycles. The van der Waals surface area contributed by atoms with Gasteiger partial charge in [-0.1, -0.05) is 24.3 Å². The molecule has 0 atom stereocenters. The third kappa shape index (κ3) is 1.15. The molecule has 0 aliphatic heterocycles. The molecule has 13 heavy (non-hydrogen) atoms. The zero-order valence-electron chi connectivity index (χ0n) is 7.21. The molecule has 2 heteroatoms. The first kappa shape index (κ1) is 8.05. The van der Waals surface area contributed by atoms with Gasteiger partial charge in [0.25, 0.3) is 0 Å². The summed E-state index contributed by atoms with van der Waals surface area (Å²) in [5, 5.41) is 10.9. The van der Waals surface area contributed by atoms with Crippen LogP contribution >= 0.6 is 0 Å². The minimum absolute atomic E-state index is 0.281. The summed E-state index contributed by atoms with van der Waals surface area (Å²) in [6, 6.07) is 8.84. The van der Waals surface area contributed by atoms with Crippen LogP contribution in [0.4, 0.5) is 4.39 Å². The molecular weight excluding hydrogens is 167 g/mol. The SMILES string of the molecule is Cc1c(F)c(O)cc2ccccc12. The molecule has 0 saturated heterocycles. The van der Waals surface area contributed by atoms with Crippen molar-refractivity contribution in [2.24, 2.45) is 0 Å². The molecule has 0 heterocycles. The van der Waals surface area contributed by atoms with Crippen molar-refractivity contribution < 1.29 is 9.50 Å². The van der Waals surface area contributed by atoms with Crippen molar-refractivity contribution in [1.29, 1.82) is 0 Å². The number of phenols is 1. The highest BCUT2D eigenvalue weighted by Crippen LogP contribution is 2.27. The lowest BCUT2D eigenvalue weighted by Gasteiger charge is -2.04. The highest BCUT2D eigenvalue weighted by Gasteiger charge is 2.07. The monoisotopic (exact) mass is 176 g/mol. The van der Waals surface area contributed by atoms with Crippen molar-refractivity contribution in [2.45, 2.75) is 6.92 Å². The van der Waals surface area contributed by atoms with Gasteiger partial charge < -0.3 is 5.11 Å². The van der Waals surface area contributed by atoms with Crippen LogP contribution in [0.3, 0.4) is 0 Å². The Kier molecular flexibility index (Phi) is 1.69. The first-order chi connectivity index (χ1) is 6.20. The van der Waals surface area contributed by atoms with Crippen molar-refractivity contribution in [2.75, 3.05) is 0 Å². The van der Waals surface area contributed by atoms with Crippen molar-refractivity contribution in [1.82, 2.24) is 0 Å². The summed E-state index contributed by atoms with van der Waals surface area (Å²) in [5.74, 6) is -0.810. The van der Waals surface area contributed by atoms with E-state index >= 15 is 0 Å². The summed E-state index contributed by atoms with van der Waals surface area (Å²) in [6.07, 6.45) is 0.